The van der Waals surface area contributed by atoms with E-state index in [1.165, 1.54) is 276 Å². The van der Waals surface area contributed by atoms with E-state index < -0.39 is 6.10 Å². The Hall–Kier alpha value is -1.62. The highest BCUT2D eigenvalue weighted by atomic mass is 16.6. The minimum Gasteiger partial charge on any atom is -0.462 e. The van der Waals surface area contributed by atoms with Crippen molar-refractivity contribution in [3.8, 4) is 0 Å². The smallest absolute Gasteiger partial charge is 0.306 e. The van der Waals surface area contributed by atoms with Gasteiger partial charge in [-0.25, -0.2) is 0 Å². The second-order valence-corrected chi connectivity index (χ2v) is 21.1. The number of unbranched alkanes of at least 4 members (excludes halogenated alkanes) is 46. The molecule has 5 heteroatoms. The van der Waals surface area contributed by atoms with Crippen molar-refractivity contribution in [3.63, 3.8) is 0 Å². The van der Waals surface area contributed by atoms with Crippen LogP contribution in [0, 0.1) is 0 Å². The monoisotopic (exact) mass is 957 g/mol. The topological polar surface area (TPSA) is 72.8 Å². The van der Waals surface area contributed by atoms with Gasteiger partial charge in [0.25, 0.3) is 0 Å². The minimum atomic E-state index is -0.771. The molecule has 0 aromatic rings. The number of aliphatic hydroxyl groups excluding tert-OH is 1. The summed E-state index contributed by atoms with van der Waals surface area (Å²) in [4.78, 5) is 24.4. The van der Waals surface area contributed by atoms with Crippen molar-refractivity contribution in [3.05, 3.63) is 24.3 Å². The van der Waals surface area contributed by atoms with Crippen LogP contribution in [0.2, 0.25) is 0 Å². The van der Waals surface area contributed by atoms with Gasteiger partial charge >= 0.3 is 11.9 Å². The van der Waals surface area contributed by atoms with Crippen molar-refractivity contribution in [2.24, 2.45) is 0 Å². The van der Waals surface area contributed by atoms with Crippen molar-refractivity contribution in [2.45, 2.75) is 354 Å². The molecule has 68 heavy (non-hydrogen) atoms. The average molecular weight is 958 g/mol. The van der Waals surface area contributed by atoms with Crippen LogP contribution in [0.5, 0.6) is 0 Å². The van der Waals surface area contributed by atoms with Crippen LogP contribution in [0.15, 0.2) is 24.3 Å². The fraction of sp³-hybridized carbons (Fsp3) is 0.905. The predicted molar refractivity (Wildman–Crippen MR) is 298 cm³/mol. The summed E-state index contributed by atoms with van der Waals surface area (Å²) in [5.74, 6) is -0.584. The summed E-state index contributed by atoms with van der Waals surface area (Å²) in [6.45, 7) is 4.15. The lowest BCUT2D eigenvalue weighted by Gasteiger charge is -2.15. The fourth-order valence-electron chi connectivity index (χ4n) is 9.55. The first-order valence-electron chi connectivity index (χ1n) is 30.9. The molecule has 0 fully saturated rings. The molecular formula is C63H120O5. The molecule has 1 unspecified atom stereocenters. The molecular weight excluding hydrogens is 837 g/mol. The summed E-state index contributed by atoms with van der Waals surface area (Å²) >= 11 is 0. The lowest BCUT2D eigenvalue weighted by molar-refractivity contribution is -0.161. The molecule has 0 radical (unpaired) electrons. The van der Waals surface area contributed by atoms with E-state index in [9.17, 15) is 14.7 Å². The highest BCUT2D eigenvalue weighted by Gasteiger charge is 2.16. The summed E-state index contributed by atoms with van der Waals surface area (Å²) in [6, 6.07) is 0. The van der Waals surface area contributed by atoms with Crippen LogP contribution in [0.25, 0.3) is 0 Å². The zero-order valence-electron chi connectivity index (χ0n) is 46.2. The summed E-state index contributed by atoms with van der Waals surface area (Å²) in [5.41, 5.74) is 0. The van der Waals surface area contributed by atoms with E-state index in [4.69, 9.17) is 9.47 Å². The standard InChI is InChI=1S/C63H120O5/c1-3-5-7-9-11-13-15-17-18-19-20-21-22-23-24-25-26-27-28-29-30-31-32-33-34-35-36-37-38-39-40-41-42-43-44-46-48-50-52-54-56-58-63(66)68-61(59-64)60-67-62(65)57-55-53-51-49-47-45-16-14-12-10-8-6-4-2/h14,16,19-20,61,64H,3-13,15,17-18,21-60H2,1-2H3/b16-14-,20-19-. The quantitative estimate of drug-likeness (QED) is 0.0374. The molecule has 1 atom stereocenters. The lowest BCUT2D eigenvalue weighted by atomic mass is 10.0. The van der Waals surface area contributed by atoms with Crippen molar-refractivity contribution in [1.82, 2.24) is 0 Å². The molecule has 0 heterocycles. The van der Waals surface area contributed by atoms with Gasteiger partial charge in [-0.3, -0.25) is 9.59 Å². The van der Waals surface area contributed by atoms with Crippen molar-refractivity contribution in [1.29, 1.82) is 0 Å². The molecule has 0 aliphatic rings. The van der Waals surface area contributed by atoms with E-state index in [-0.39, 0.29) is 25.2 Å². The van der Waals surface area contributed by atoms with Gasteiger partial charge in [0.05, 0.1) is 6.61 Å². The molecule has 1 N–H and O–H groups in total. The van der Waals surface area contributed by atoms with Crippen molar-refractivity contribution < 1.29 is 24.2 Å². The summed E-state index contributed by atoms with van der Waals surface area (Å²) in [5, 5.41) is 9.62. The van der Waals surface area contributed by atoms with Gasteiger partial charge in [-0.2, -0.15) is 0 Å². The number of hydrogen-bond acceptors (Lipinski definition) is 5. The van der Waals surface area contributed by atoms with E-state index in [0.717, 1.165) is 44.9 Å². The molecule has 0 aromatic carbocycles. The number of allylic oxidation sites excluding steroid dienone is 4. The number of aliphatic hydroxyl groups is 1. The number of carbonyl (C=O) groups excluding carboxylic acids is 2. The Morgan fingerprint density at radius 2 is 0.544 bits per heavy atom. The van der Waals surface area contributed by atoms with Crippen molar-refractivity contribution in [2.75, 3.05) is 13.2 Å². The second-order valence-electron chi connectivity index (χ2n) is 21.1. The number of rotatable bonds is 58. The van der Waals surface area contributed by atoms with E-state index in [1.807, 2.05) is 0 Å². The molecule has 5 nitrogen and oxygen atoms in total. The summed E-state index contributed by atoms with van der Waals surface area (Å²) in [6.07, 6.45) is 76.4. The molecule has 0 bridgehead atoms. The van der Waals surface area contributed by atoms with E-state index in [1.54, 1.807) is 0 Å². The van der Waals surface area contributed by atoms with Gasteiger partial charge in [-0.15, -0.1) is 0 Å². The highest BCUT2D eigenvalue weighted by Crippen LogP contribution is 2.18. The molecule has 0 spiro atoms. The Morgan fingerprint density at radius 1 is 0.324 bits per heavy atom. The Balaban J connectivity index is 3.33. The van der Waals surface area contributed by atoms with Crippen LogP contribution in [0.1, 0.15) is 348 Å². The fourth-order valence-corrected chi connectivity index (χ4v) is 9.55. The Morgan fingerprint density at radius 3 is 0.809 bits per heavy atom. The molecule has 0 aliphatic carbocycles. The third-order valence-corrected chi connectivity index (χ3v) is 14.2. The Bertz CT molecular complexity index is 1040. The van der Waals surface area contributed by atoms with Crippen LogP contribution < -0.4 is 0 Å². The Labute approximate surface area is 425 Å². The third kappa shape index (κ3) is 57.0. The second kappa shape index (κ2) is 59.7. The SMILES string of the molecule is CCCCCC/C=C\CCCCCCCC(=O)OCC(CO)OC(=O)CCCCCCCCCCCCCCCCCCCCCCCCCCCCCCC/C=C\CCCCCCCCCC. The van der Waals surface area contributed by atoms with E-state index in [0.29, 0.717) is 12.8 Å². The maximum Gasteiger partial charge on any atom is 0.306 e. The molecule has 0 rings (SSSR count). The van der Waals surface area contributed by atoms with Gasteiger partial charge in [0.2, 0.25) is 0 Å². The van der Waals surface area contributed by atoms with Crippen molar-refractivity contribution >= 4 is 11.9 Å². The van der Waals surface area contributed by atoms with E-state index >= 15 is 0 Å². The number of esters is 2. The third-order valence-electron chi connectivity index (χ3n) is 14.2. The summed E-state index contributed by atoms with van der Waals surface area (Å²) < 4.78 is 10.7. The lowest BCUT2D eigenvalue weighted by Crippen LogP contribution is -2.28. The predicted octanol–water partition coefficient (Wildman–Crippen LogP) is 20.9. The number of hydrogen-bond donors (Lipinski definition) is 1. The van der Waals surface area contributed by atoms with Gasteiger partial charge in [-0.1, -0.05) is 295 Å². The van der Waals surface area contributed by atoms with Gasteiger partial charge < -0.3 is 14.6 Å². The average Bonchev–Trinajstić information content (AvgIpc) is 3.34. The summed E-state index contributed by atoms with van der Waals surface area (Å²) in [7, 11) is 0. The first-order valence-corrected chi connectivity index (χ1v) is 30.9. The van der Waals surface area contributed by atoms with Crippen LogP contribution in [0.4, 0.5) is 0 Å². The molecule has 0 aromatic heterocycles. The molecule has 0 aliphatic heterocycles. The molecule has 0 saturated heterocycles. The van der Waals surface area contributed by atoms with Crippen LogP contribution in [-0.2, 0) is 19.1 Å². The maximum absolute atomic E-state index is 12.3. The largest absolute Gasteiger partial charge is 0.462 e. The van der Waals surface area contributed by atoms with Gasteiger partial charge in [0, 0.05) is 12.8 Å². The van der Waals surface area contributed by atoms with Gasteiger partial charge in [-0.05, 0) is 64.2 Å². The number of ether oxygens (including phenoxy) is 2. The Kier molecular flexibility index (Phi) is 58.3. The molecule has 0 amide bonds. The maximum atomic E-state index is 12.3. The first kappa shape index (κ1) is 66.4. The highest BCUT2D eigenvalue weighted by molar-refractivity contribution is 5.70. The first-order chi connectivity index (χ1) is 33.6. The zero-order chi connectivity index (χ0) is 49.2. The normalized spacial score (nSPS) is 12.2. The van der Waals surface area contributed by atoms with E-state index in [2.05, 4.69) is 38.2 Å². The number of carbonyl (C=O) groups is 2. The van der Waals surface area contributed by atoms with Crippen LogP contribution in [0.3, 0.4) is 0 Å². The minimum absolute atomic E-state index is 0.0646. The zero-order valence-corrected chi connectivity index (χ0v) is 46.2. The molecule has 402 valence electrons. The van der Waals surface area contributed by atoms with Crippen LogP contribution >= 0.6 is 0 Å². The van der Waals surface area contributed by atoms with Gasteiger partial charge in [0.1, 0.15) is 6.61 Å². The van der Waals surface area contributed by atoms with Gasteiger partial charge in [0.15, 0.2) is 6.10 Å². The van der Waals surface area contributed by atoms with Crippen LogP contribution in [-0.4, -0.2) is 36.4 Å². The molecule has 0 saturated carbocycles.